The summed E-state index contributed by atoms with van der Waals surface area (Å²) < 4.78 is 43.4. The average Bonchev–Trinajstić information content (AvgIpc) is 3.23. The van der Waals surface area contributed by atoms with Crippen molar-refractivity contribution in [3.8, 4) is 16.3 Å². The first-order chi connectivity index (χ1) is 17.5. The molecule has 0 radical (unpaired) electrons. The van der Waals surface area contributed by atoms with Crippen LogP contribution in [0, 0.1) is 20.8 Å². The molecule has 3 aromatic carbocycles. The Morgan fingerprint density at radius 1 is 1.00 bits per heavy atom. The van der Waals surface area contributed by atoms with Gasteiger partial charge < -0.3 is 9.84 Å². The molecule has 0 aliphatic heterocycles. The minimum absolute atomic E-state index is 0.389. The van der Waals surface area contributed by atoms with Crippen LogP contribution in [0.5, 0.6) is 5.75 Å². The largest absolute Gasteiger partial charge is 0.482 e. The van der Waals surface area contributed by atoms with Crippen LogP contribution < -0.4 is 4.74 Å². The topological polar surface area (TPSA) is 59.4 Å². The van der Waals surface area contributed by atoms with Crippen molar-refractivity contribution < 1.29 is 27.8 Å². The maximum absolute atomic E-state index is 12.7. The molecule has 0 saturated heterocycles. The molecule has 0 atom stereocenters. The van der Waals surface area contributed by atoms with Crippen molar-refractivity contribution in [2.45, 2.75) is 37.6 Å². The molecule has 37 heavy (non-hydrogen) atoms. The number of aliphatic carboxylic acids is 1. The first-order valence-corrected chi connectivity index (χ1v) is 13.1. The zero-order valence-electron chi connectivity index (χ0n) is 20.5. The Labute approximate surface area is 222 Å². The lowest BCUT2D eigenvalue weighted by molar-refractivity contribution is -0.139. The van der Waals surface area contributed by atoms with Gasteiger partial charge in [-0.25, -0.2) is 9.78 Å². The number of benzene rings is 3. The van der Waals surface area contributed by atoms with Crippen molar-refractivity contribution in [3.63, 3.8) is 0 Å². The first-order valence-electron chi connectivity index (χ1n) is 11.3. The lowest BCUT2D eigenvalue weighted by Crippen LogP contribution is -2.09. The summed E-state index contributed by atoms with van der Waals surface area (Å²) >= 11 is 3.06. The molecule has 0 aliphatic carbocycles. The number of thioether (sulfide) groups is 1. The number of halogens is 3. The SMILES string of the molecule is Cc1cc(SCc2sc(-c3ccc(C(F)(F)F)cc3)nc2C)ccc1OCC(=O)O.Cc1ccccc1. The van der Waals surface area contributed by atoms with E-state index in [0.29, 0.717) is 22.1 Å². The normalized spacial score (nSPS) is 11.0. The lowest BCUT2D eigenvalue weighted by atomic mass is 10.1. The number of carboxylic acids is 1. The predicted octanol–water partition coefficient (Wildman–Crippen LogP) is 8.20. The van der Waals surface area contributed by atoms with E-state index in [0.717, 1.165) is 33.2 Å². The second kappa shape index (κ2) is 12.8. The van der Waals surface area contributed by atoms with E-state index in [9.17, 15) is 18.0 Å². The van der Waals surface area contributed by atoms with E-state index in [-0.39, 0.29) is 6.61 Å². The molecule has 0 unspecified atom stereocenters. The van der Waals surface area contributed by atoms with Crippen molar-refractivity contribution >= 4 is 29.1 Å². The van der Waals surface area contributed by atoms with Crippen LogP contribution in [0.1, 0.15) is 27.3 Å². The van der Waals surface area contributed by atoms with Crippen molar-refractivity contribution in [2.75, 3.05) is 6.61 Å². The van der Waals surface area contributed by atoms with E-state index in [4.69, 9.17) is 9.84 Å². The highest BCUT2D eigenvalue weighted by Crippen LogP contribution is 2.35. The fourth-order valence-corrected chi connectivity index (χ4v) is 5.39. The Hall–Kier alpha value is -3.30. The van der Waals surface area contributed by atoms with Gasteiger partial charge in [-0.05, 0) is 56.7 Å². The molecule has 4 nitrogen and oxygen atoms in total. The number of alkyl halides is 3. The summed E-state index contributed by atoms with van der Waals surface area (Å²) in [4.78, 5) is 17.2. The van der Waals surface area contributed by atoms with Crippen molar-refractivity contribution in [3.05, 3.63) is 100 Å². The minimum Gasteiger partial charge on any atom is -0.482 e. The standard InChI is InChI=1S/C21H18F3NO3S2.C7H8/c1-12-9-16(7-8-17(12)28-10-19(26)27)29-11-18-13(2)25-20(30-18)14-3-5-15(6-4-14)21(22,23)24;1-7-5-3-2-4-6-7/h3-9H,10-11H2,1-2H3,(H,26,27);2-6H,1H3. The molecule has 0 fully saturated rings. The molecule has 4 rings (SSSR count). The number of thiazole rings is 1. The van der Waals surface area contributed by atoms with Crippen LogP contribution in [0.15, 0.2) is 77.7 Å². The van der Waals surface area contributed by atoms with Crippen LogP contribution in [0.4, 0.5) is 13.2 Å². The minimum atomic E-state index is -4.36. The lowest BCUT2D eigenvalue weighted by Gasteiger charge is -2.08. The highest BCUT2D eigenvalue weighted by atomic mass is 32.2. The van der Waals surface area contributed by atoms with E-state index < -0.39 is 17.7 Å². The Morgan fingerprint density at radius 2 is 1.68 bits per heavy atom. The Bertz CT molecular complexity index is 1320. The van der Waals surface area contributed by atoms with Gasteiger partial charge in [-0.1, -0.05) is 48.0 Å². The summed E-state index contributed by atoms with van der Waals surface area (Å²) in [5, 5.41) is 9.39. The van der Waals surface area contributed by atoms with Crippen LogP contribution in [-0.2, 0) is 16.7 Å². The summed E-state index contributed by atoms with van der Waals surface area (Å²) in [6.45, 7) is 5.43. The third-order valence-corrected chi connectivity index (χ3v) is 7.57. The zero-order chi connectivity index (χ0) is 27.0. The van der Waals surface area contributed by atoms with Gasteiger partial charge in [0.05, 0.1) is 11.3 Å². The number of carboxylic acid groups (broad SMARTS) is 1. The monoisotopic (exact) mass is 545 g/mol. The fourth-order valence-electron chi connectivity index (χ4n) is 3.18. The van der Waals surface area contributed by atoms with E-state index in [1.807, 2.05) is 44.2 Å². The molecular formula is C28H26F3NO3S2. The van der Waals surface area contributed by atoms with Gasteiger partial charge in [-0.3, -0.25) is 0 Å². The van der Waals surface area contributed by atoms with Gasteiger partial charge in [0.2, 0.25) is 0 Å². The second-order valence-corrected chi connectivity index (χ2v) is 10.3. The summed E-state index contributed by atoms with van der Waals surface area (Å²) in [6, 6.07) is 20.8. The molecule has 1 heterocycles. The van der Waals surface area contributed by atoms with Gasteiger partial charge in [0.15, 0.2) is 6.61 Å². The van der Waals surface area contributed by atoms with Gasteiger partial charge >= 0.3 is 12.1 Å². The van der Waals surface area contributed by atoms with Crippen LogP contribution in [0.3, 0.4) is 0 Å². The number of hydrogen-bond acceptors (Lipinski definition) is 5. The molecule has 1 N–H and O–H groups in total. The zero-order valence-corrected chi connectivity index (χ0v) is 22.1. The van der Waals surface area contributed by atoms with Crippen LogP contribution >= 0.6 is 23.1 Å². The Kier molecular flexibility index (Phi) is 9.77. The summed E-state index contributed by atoms with van der Waals surface area (Å²) in [5.74, 6) is 0.163. The van der Waals surface area contributed by atoms with Gasteiger partial charge in [0.25, 0.3) is 0 Å². The molecule has 1 aromatic heterocycles. The molecule has 0 aliphatic rings. The molecular weight excluding hydrogens is 519 g/mol. The maximum Gasteiger partial charge on any atom is 0.416 e. The molecule has 0 spiro atoms. The fraction of sp³-hybridized carbons (Fsp3) is 0.214. The quantitative estimate of drug-likeness (QED) is 0.237. The Balaban J connectivity index is 0.000000468. The van der Waals surface area contributed by atoms with Crippen LogP contribution in [0.2, 0.25) is 0 Å². The van der Waals surface area contributed by atoms with Crippen LogP contribution in [0.25, 0.3) is 10.6 Å². The van der Waals surface area contributed by atoms with E-state index in [2.05, 4.69) is 24.0 Å². The van der Waals surface area contributed by atoms with Gasteiger partial charge in [-0.2, -0.15) is 13.2 Å². The summed E-state index contributed by atoms with van der Waals surface area (Å²) in [7, 11) is 0. The number of aryl methyl sites for hydroxylation is 3. The molecule has 4 aromatic rings. The number of rotatable bonds is 7. The van der Waals surface area contributed by atoms with E-state index in [1.54, 1.807) is 17.8 Å². The molecule has 0 bridgehead atoms. The number of carbonyl (C=O) groups is 1. The number of hydrogen-bond donors (Lipinski definition) is 1. The maximum atomic E-state index is 12.7. The first kappa shape index (κ1) is 28.3. The second-order valence-electron chi connectivity index (χ2n) is 8.16. The summed E-state index contributed by atoms with van der Waals surface area (Å²) in [6.07, 6.45) is -4.36. The predicted molar refractivity (Wildman–Crippen MR) is 142 cm³/mol. The molecule has 9 heteroatoms. The highest BCUT2D eigenvalue weighted by molar-refractivity contribution is 7.98. The Morgan fingerprint density at radius 3 is 2.22 bits per heavy atom. The molecule has 0 saturated carbocycles. The number of ether oxygens (including phenoxy) is 1. The van der Waals surface area contributed by atoms with Crippen molar-refractivity contribution in [1.29, 1.82) is 0 Å². The number of nitrogens with zero attached hydrogens (tertiary/aromatic N) is 1. The summed E-state index contributed by atoms with van der Waals surface area (Å²) in [5.41, 5.74) is 2.99. The molecule has 0 amide bonds. The van der Waals surface area contributed by atoms with Crippen molar-refractivity contribution in [2.24, 2.45) is 0 Å². The van der Waals surface area contributed by atoms with E-state index in [1.165, 1.54) is 29.0 Å². The third kappa shape index (κ3) is 8.65. The highest BCUT2D eigenvalue weighted by Gasteiger charge is 2.30. The molecule has 194 valence electrons. The number of aromatic nitrogens is 1. The average molecular weight is 546 g/mol. The van der Waals surface area contributed by atoms with Crippen LogP contribution in [-0.4, -0.2) is 22.7 Å². The van der Waals surface area contributed by atoms with Gasteiger partial charge in [0, 0.05) is 21.1 Å². The smallest absolute Gasteiger partial charge is 0.416 e. The van der Waals surface area contributed by atoms with E-state index >= 15 is 0 Å². The third-order valence-electron chi connectivity index (χ3n) is 5.16. The van der Waals surface area contributed by atoms with Gasteiger partial charge in [0.1, 0.15) is 10.8 Å². The van der Waals surface area contributed by atoms with Crippen molar-refractivity contribution in [1.82, 2.24) is 4.98 Å². The van der Waals surface area contributed by atoms with Gasteiger partial charge in [-0.15, -0.1) is 23.1 Å².